The van der Waals surface area contributed by atoms with Gasteiger partial charge in [0.15, 0.2) is 0 Å². The molecule has 2 amide bonds. The number of anilines is 1. The summed E-state index contributed by atoms with van der Waals surface area (Å²) in [6.45, 7) is 5.37. The van der Waals surface area contributed by atoms with Crippen LogP contribution in [0.15, 0.2) is 35.4 Å². The van der Waals surface area contributed by atoms with Gasteiger partial charge in [-0.25, -0.2) is 0 Å². The van der Waals surface area contributed by atoms with Crippen molar-refractivity contribution >= 4 is 23.2 Å². The van der Waals surface area contributed by atoms with E-state index in [-0.39, 0.29) is 12.3 Å². The van der Waals surface area contributed by atoms with E-state index in [1.165, 1.54) is 0 Å². The quantitative estimate of drug-likeness (QED) is 0.832. The second kappa shape index (κ2) is 7.76. The molecule has 0 aliphatic carbocycles. The van der Waals surface area contributed by atoms with Crippen molar-refractivity contribution in [1.82, 2.24) is 4.90 Å². The lowest BCUT2D eigenvalue weighted by Crippen LogP contribution is -2.40. The highest BCUT2D eigenvalue weighted by Crippen LogP contribution is 2.24. The number of rotatable bonds is 7. The monoisotopic (exact) mass is 316 g/mol. The van der Waals surface area contributed by atoms with E-state index in [0.717, 1.165) is 18.5 Å². The Bertz CT molecular complexity index is 586. The highest BCUT2D eigenvalue weighted by molar-refractivity contribution is 6.40. The summed E-state index contributed by atoms with van der Waals surface area (Å²) in [6.07, 6.45) is 2.23. The molecule has 23 heavy (non-hydrogen) atoms. The number of nitrogens with two attached hydrogens (primary N) is 1. The summed E-state index contributed by atoms with van der Waals surface area (Å²) in [4.78, 5) is 26.2. The van der Waals surface area contributed by atoms with Crippen LogP contribution in [-0.2, 0) is 9.59 Å². The van der Waals surface area contributed by atoms with Gasteiger partial charge in [-0.2, -0.15) is 5.10 Å². The molecular formula is C17H24N4O2. The summed E-state index contributed by atoms with van der Waals surface area (Å²) >= 11 is 0. The van der Waals surface area contributed by atoms with Crippen molar-refractivity contribution in [2.24, 2.45) is 10.8 Å². The van der Waals surface area contributed by atoms with Gasteiger partial charge in [-0.15, -0.1) is 0 Å². The molecular weight excluding hydrogens is 292 g/mol. The molecule has 2 rings (SSSR count). The number of primary amides is 1. The minimum absolute atomic E-state index is 0.106. The summed E-state index contributed by atoms with van der Waals surface area (Å²) in [5.74, 6) is -0.581. The highest BCUT2D eigenvalue weighted by atomic mass is 16.2. The maximum atomic E-state index is 12.6. The zero-order valence-corrected chi connectivity index (χ0v) is 13.7. The van der Waals surface area contributed by atoms with Gasteiger partial charge in [0.05, 0.1) is 5.69 Å². The highest BCUT2D eigenvalue weighted by Gasteiger charge is 2.36. The van der Waals surface area contributed by atoms with Gasteiger partial charge in [0.2, 0.25) is 5.91 Å². The number of para-hydroxylation sites is 1. The van der Waals surface area contributed by atoms with Crippen LogP contribution >= 0.6 is 0 Å². The van der Waals surface area contributed by atoms with Crippen LogP contribution in [0.2, 0.25) is 0 Å². The molecule has 0 bridgehead atoms. The Labute approximate surface area is 136 Å². The Balaban J connectivity index is 2.22. The van der Waals surface area contributed by atoms with Crippen molar-refractivity contribution in [3.05, 3.63) is 30.3 Å². The first-order valence-electron chi connectivity index (χ1n) is 8.08. The molecule has 124 valence electrons. The molecule has 6 nitrogen and oxygen atoms in total. The Morgan fingerprint density at radius 2 is 2.00 bits per heavy atom. The third kappa shape index (κ3) is 3.88. The van der Waals surface area contributed by atoms with Gasteiger partial charge >= 0.3 is 0 Å². The molecule has 1 aliphatic heterocycles. The maximum absolute atomic E-state index is 12.6. The van der Waals surface area contributed by atoms with E-state index in [4.69, 9.17) is 5.73 Å². The summed E-state index contributed by atoms with van der Waals surface area (Å²) < 4.78 is 0. The van der Waals surface area contributed by atoms with E-state index in [1.54, 1.807) is 9.91 Å². The van der Waals surface area contributed by atoms with Crippen LogP contribution < -0.4 is 10.7 Å². The largest absolute Gasteiger partial charge is 0.368 e. The lowest BCUT2D eigenvalue weighted by molar-refractivity contribution is -0.124. The zero-order chi connectivity index (χ0) is 16.8. The number of unbranched alkanes of at least 4 members (excludes halogenated alkanes) is 1. The number of carbonyl (C=O) groups excluding carboxylic acids is 2. The first-order valence-corrected chi connectivity index (χ1v) is 8.08. The van der Waals surface area contributed by atoms with Crippen molar-refractivity contribution < 1.29 is 9.59 Å². The molecule has 6 heteroatoms. The third-order valence-corrected chi connectivity index (χ3v) is 3.96. The SMILES string of the molecule is CCCCN(CC)C(=O)C1=NN(c2ccccc2)[C@@H](C(N)=O)C1. The van der Waals surface area contributed by atoms with Crippen molar-refractivity contribution in [2.45, 2.75) is 39.2 Å². The molecule has 0 spiro atoms. The number of carbonyl (C=O) groups is 2. The maximum Gasteiger partial charge on any atom is 0.270 e. The van der Waals surface area contributed by atoms with Crippen LogP contribution in [0.5, 0.6) is 0 Å². The number of hydrogen-bond acceptors (Lipinski definition) is 4. The second-order valence-electron chi connectivity index (χ2n) is 5.59. The van der Waals surface area contributed by atoms with Crippen LogP contribution in [0.3, 0.4) is 0 Å². The predicted octanol–water partition coefficient (Wildman–Crippen LogP) is 1.76. The topological polar surface area (TPSA) is 79.0 Å². The van der Waals surface area contributed by atoms with E-state index in [1.807, 2.05) is 37.3 Å². The van der Waals surface area contributed by atoms with Gasteiger partial charge in [0.1, 0.15) is 11.8 Å². The van der Waals surface area contributed by atoms with Gasteiger partial charge in [-0.05, 0) is 25.5 Å². The summed E-state index contributed by atoms with van der Waals surface area (Å²) in [5.41, 5.74) is 6.66. The average Bonchev–Trinajstić information content (AvgIpc) is 3.01. The van der Waals surface area contributed by atoms with E-state index in [2.05, 4.69) is 12.0 Å². The summed E-state index contributed by atoms with van der Waals surface area (Å²) in [7, 11) is 0. The van der Waals surface area contributed by atoms with E-state index in [0.29, 0.717) is 18.8 Å². The fourth-order valence-corrected chi connectivity index (χ4v) is 2.61. The molecule has 1 atom stereocenters. The molecule has 0 aromatic heterocycles. The number of hydrazone groups is 1. The average molecular weight is 316 g/mol. The molecule has 2 N–H and O–H groups in total. The van der Waals surface area contributed by atoms with Gasteiger partial charge in [0, 0.05) is 19.5 Å². The Morgan fingerprint density at radius 1 is 1.30 bits per heavy atom. The van der Waals surface area contributed by atoms with Crippen molar-refractivity contribution in [3.63, 3.8) is 0 Å². The van der Waals surface area contributed by atoms with Crippen molar-refractivity contribution in [1.29, 1.82) is 0 Å². The lowest BCUT2D eigenvalue weighted by Gasteiger charge is -2.20. The Morgan fingerprint density at radius 3 is 2.57 bits per heavy atom. The Hall–Kier alpha value is -2.37. The Kier molecular flexibility index (Phi) is 5.73. The third-order valence-electron chi connectivity index (χ3n) is 3.96. The summed E-state index contributed by atoms with van der Waals surface area (Å²) in [5, 5.41) is 5.95. The van der Waals surface area contributed by atoms with Gasteiger partial charge in [0.25, 0.3) is 5.91 Å². The van der Waals surface area contributed by atoms with Crippen LogP contribution in [0.25, 0.3) is 0 Å². The molecule has 0 fully saturated rings. The van der Waals surface area contributed by atoms with Crippen molar-refractivity contribution in [2.75, 3.05) is 18.1 Å². The fraction of sp³-hybridized carbons (Fsp3) is 0.471. The van der Waals surface area contributed by atoms with Gasteiger partial charge < -0.3 is 10.6 Å². The van der Waals surface area contributed by atoms with E-state index in [9.17, 15) is 9.59 Å². The minimum Gasteiger partial charge on any atom is -0.368 e. The number of amides is 2. The molecule has 1 aromatic rings. The van der Waals surface area contributed by atoms with Gasteiger partial charge in [-0.1, -0.05) is 31.5 Å². The molecule has 0 saturated heterocycles. The molecule has 0 unspecified atom stereocenters. The smallest absolute Gasteiger partial charge is 0.270 e. The van der Waals surface area contributed by atoms with Crippen LogP contribution in [-0.4, -0.2) is 41.6 Å². The van der Waals surface area contributed by atoms with Crippen LogP contribution in [0, 0.1) is 0 Å². The molecule has 0 saturated carbocycles. The van der Waals surface area contributed by atoms with E-state index < -0.39 is 11.9 Å². The number of nitrogens with zero attached hydrogens (tertiary/aromatic N) is 3. The van der Waals surface area contributed by atoms with E-state index >= 15 is 0 Å². The molecule has 0 radical (unpaired) electrons. The van der Waals surface area contributed by atoms with Gasteiger partial charge in [-0.3, -0.25) is 14.6 Å². The molecule has 1 aromatic carbocycles. The zero-order valence-electron chi connectivity index (χ0n) is 13.7. The minimum atomic E-state index is -0.610. The molecule has 1 aliphatic rings. The number of hydrogen-bond donors (Lipinski definition) is 1. The molecule has 1 heterocycles. The fourth-order valence-electron chi connectivity index (χ4n) is 2.61. The lowest BCUT2D eigenvalue weighted by atomic mass is 10.1. The van der Waals surface area contributed by atoms with Crippen LogP contribution in [0.1, 0.15) is 33.1 Å². The number of benzene rings is 1. The predicted molar refractivity (Wildman–Crippen MR) is 91.1 cm³/mol. The normalized spacial score (nSPS) is 17.0. The first-order chi connectivity index (χ1) is 11.1. The van der Waals surface area contributed by atoms with Crippen LogP contribution in [0.4, 0.5) is 5.69 Å². The second-order valence-corrected chi connectivity index (χ2v) is 5.59. The standard InChI is InChI=1S/C17H24N4O2/c1-3-5-11-20(4-2)17(23)14-12-15(16(18)22)21(19-14)13-9-7-6-8-10-13/h6-10,15H,3-5,11-12H2,1-2H3,(H2,18,22)/t15-/m1/s1. The first kappa shape index (κ1) is 17.0. The summed E-state index contributed by atoms with van der Waals surface area (Å²) in [6, 6.07) is 8.70. The van der Waals surface area contributed by atoms with Crippen molar-refractivity contribution in [3.8, 4) is 0 Å².